The number of pyridine rings is 2. The lowest BCUT2D eigenvalue weighted by Crippen LogP contribution is -2.34. The fourth-order valence-electron chi connectivity index (χ4n) is 3.12. The zero-order chi connectivity index (χ0) is 16.9. The predicted molar refractivity (Wildman–Crippen MR) is 84.3 cm³/mol. The van der Waals surface area contributed by atoms with Crippen LogP contribution in [0.5, 0.6) is 0 Å². The minimum absolute atomic E-state index is 0.0148. The Morgan fingerprint density at radius 3 is 2.39 bits per heavy atom. The summed E-state index contributed by atoms with van der Waals surface area (Å²) < 4.78 is 1.16. The van der Waals surface area contributed by atoms with Crippen molar-refractivity contribution < 1.29 is 9.59 Å². The number of nitrogens with one attached hydrogen (secondary N) is 1. The second-order valence-electron chi connectivity index (χ2n) is 5.77. The molecular weight excluding hydrogens is 296 g/mol. The van der Waals surface area contributed by atoms with E-state index in [1.165, 1.54) is 19.2 Å². The first-order chi connectivity index (χ1) is 10.9. The number of nitrogens with zero attached hydrogens (tertiary/aromatic N) is 1. The van der Waals surface area contributed by atoms with Crippen molar-refractivity contribution in [2.24, 2.45) is 7.05 Å². The van der Waals surface area contributed by atoms with Crippen molar-refractivity contribution >= 4 is 11.6 Å². The van der Waals surface area contributed by atoms with Crippen molar-refractivity contribution in [3.8, 4) is 0 Å². The zero-order valence-electron chi connectivity index (χ0n) is 13.1. The molecule has 0 unspecified atom stereocenters. The molecular formula is C17H16N2O4. The van der Waals surface area contributed by atoms with Gasteiger partial charge in [0.25, 0.3) is 5.56 Å². The Hall–Kier alpha value is -2.76. The number of hydrogen-bond donors (Lipinski definition) is 1. The average molecular weight is 312 g/mol. The van der Waals surface area contributed by atoms with Crippen molar-refractivity contribution in [2.45, 2.75) is 26.7 Å². The number of fused-ring (bicyclic) bond motifs is 2. The highest BCUT2D eigenvalue weighted by Gasteiger charge is 2.35. The molecule has 2 aromatic heterocycles. The molecule has 0 aliphatic heterocycles. The van der Waals surface area contributed by atoms with Crippen LogP contribution in [0.2, 0.25) is 0 Å². The van der Waals surface area contributed by atoms with Crippen LogP contribution in [0.1, 0.15) is 56.6 Å². The molecule has 1 aliphatic carbocycles. The van der Waals surface area contributed by atoms with Gasteiger partial charge in [-0.2, -0.15) is 0 Å². The number of hydrogen-bond acceptors (Lipinski definition) is 4. The number of aryl methyl sites for hydroxylation is 2. The molecule has 0 fully saturated rings. The molecule has 0 bridgehead atoms. The van der Waals surface area contributed by atoms with Crippen LogP contribution in [-0.2, 0) is 13.5 Å². The van der Waals surface area contributed by atoms with Crippen molar-refractivity contribution in [3.63, 3.8) is 0 Å². The molecule has 2 aromatic rings. The normalized spacial score (nSPS) is 13.0. The van der Waals surface area contributed by atoms with Gasteiger partial charge in [0.15, 0.2) is 5.78 Å². The van der Waals surface area contributed by atoms with Crippen LogP contribution >= 0.6 is 0 Å². The van der Waals surface area contributed by atoms with Gasteiger partial charge in [0.2, 0.25) is 11.3 Å². The molecule has 0 atom stereocenters. The van der Waals surface area contributed by atoms with Gasteiger partial charge in [0.05, 0.1) is 11.1 Å². The maximum Gasteiger partial charge on any atom is 0.251 e. The first-order valence-corrected chi connectivity index (χ1v) is 7.43. The molecule has 0 aromatic carbocycles. The van der Waals surface area contributed by atoms with Gasteiger partial charge in [0.1, 0.15) is 11.4 Å². The van der Waals surface area contributed by atoms with E-state index < -0.39 is 11.3 Å². The van der Waals surface area contributed by atoms with Crippen molar-refractivity contribution in [1.29, 1.82) is 0 Å². The molecule has 0 amide bonds. The molecule has 0 spiro atoms. The van der Waals surface area contributed by atoms with Gasteiger partial charge < -0.3 is 9.55 Å². The highest BCUT2D eigenvalue weighted by Crippen LogP contribution is 2.28. The van der Waals surface area contributed by atoms with E-state index in [0.29, 0.717) is 17.5 Å². The van der Waals surface area contributed by atoms with E-state index in [2.05, 4.69) is 4.98 Å². The Bertz CT molecular complexity index is 979. The Morgan fingerprint density at radius 1 is 1.04 bits per heavy atom. The van der Waals surface area contributed by atoms with Crippen LogP contribution in [0.15, 0.2) is 21.7 Å². The maximum absolute atomic E-state index is 13.0. The summed E-state index contributed by atoms with van der Waals surface area (Å²) in [5.41, 5.74) is 0.784. The quantitative estimate of drug-likeness (QED) is 0.767. The first-order valence-electron chi connectivity index (χ1n) is 7.43. The number of rotatable bonds is 2. The molecule has 0 saturated carbocycles. The summed E-state index contributed by atoms with van der Waals surface area (Å²) in [5, 5.41) is 0. The van der Waals surface area contributed by atoms with E-state index in [1.54, 1.807) is 6.92 Å². The number of carbonyl (C=O) groups excluding carboxylic acids is 2. The van der Waals surface area contributed by atoms with Crippen molar-refractivity contribution in [3.05, 3.63) is 66.5 Å². The second-order valence-corrected chi connectivity index (χ2v) is 5.77. The van der Waals surface area contributed by atoms with E-state index >= 15 is 0 Å². The fourth-order valence-corrected chi connectivity index (χ4v) is 3.12. The van der Waals surface area contributed by atoms with Gasteiger partial charge in [-0.25, -0.2) is 0 Å². The molecule has 3 rings (SSSR count). The van der Waals surface area contributed by atoms with Gasteiger partial charge >= 0.3 is 0 Å². The standard InChI is InChI=1S/C17H16N2O4/c1-4-5-9-7-10(20)18-14-13(9)16(22)12-8(2)6-11(21)19(3)15(12)17(14)23/h6-7H,4-5H2,1-3H3,(H,18,20). The van der Waals surface area contributed by atoms with E-state index in [0.717, 1.165) is 11.0 Å². The number of aromatic amines is 1. The predicted octanol–water partition coefficient (Wildman–Crippen LogP) is 1.11. The summed E-state index contributed by atoms with van der Waals surface area (Å²) in [5.74, 6) is -0.810. The van der Waals surface area contributed by atoms with Gasteiger partial charge in [-0.05, 0) is 24.5 Å². The van der Waals surface area contributed by atoms with E-state index in [9.17, 15) is 19.2 Å². The molecule has 2 heterocycles. The van der Waals surface area contributed by atoms with E-state index in [1.807, 2.05) is 6.92 Å². The van der Waals surface area contributed by atoms with Crippen LogP contribution in [0, 0.1) is 6.92 Å². The SMILES string of the molecule is CCCc1cc(=O)[nH]c2c1C(=O)c1c(C)cc(=O)n(C)c1C2=O. The zero-order valence-corrected chi connectivity index (χ0v) is 13.1. The van der Waals surface area contributed by atoms with Gasteiger partial charge in [-0.1, -0.05) is 13.3 Å². The molecule has 23 heavy (non-hydrogen) atoms. The van der Waals surface area contributed by atoms with Gasteiger partial charge in [-0.15, -0.1) is 0 Å². The number of aromatic nitrogens is 2. The number of H-pyrrole nitrogens is 1. The minimum Gasteiger partial charge on any atom is -0.318 e. The molecule has 1 N–H and O–H groups in total. The topological polar surface area (TPSA) is 89.0 Å². The maximum atomic E-state index is 13.0. The summed E-state index contributed by atoms with van der Waals surface area (Å²) in [6.07, 6.45) is 1.28. The molecule has 6 heteroatoms. The second kappa shape index (κ2) is 5.15. The Morgan fingerprint density at radius 2 is 1.74 bits per heavy atom. The lowest BCUT2D eigenvalue weighted by molar-refractivity contribution is 0.0966. The lowest BCUT2D eigenvalue weighted by atomic mass is 9.84. The van der Waals surface area contributed by atoms with Crippen molar-refractivity contribution in [2.75, 3.05) is 0 Å². The largest absolute Gasteiger partial charge is 0.318 e. The Labute approximate surface area is 131 Å². The average Bonchev–Trinajstić information content (AvgIpc) is 2.48. The van der Waals surface area contributed by atoms with Crippen LogP contribution in [-0.4, -0.2) is 21.1 Å². The highest BCUT2D eigenvalue weighted by atomic mass is 16.2. The fraction of sp³-hybridized carbons (Fsp3) is 0.294. The third-order valence-electron chi connectivity index (χ3n) is 4.18. The van der Waals surface area contributed by atoms with Crippen molar-refractivity contribution in [1.82, 2.24) is 9.55 Å². The van der Waals surface area contributed by atoms with Gasteiger partial charge in [-0.3, -0.25) is 19.2 Å². The third kappa shape index (κ3) is 2.10. The monoisotopic (exact) mass is 312 g/mol. The van der Waals surface area contributed by atoms with E-state index in [-0.39, 0.29) is 33.9 Å². The smallest absolute Gasteiger partial charge is 0.251 e. The molecule has 0 saturated heterocycles. The van der Waals surface area contributed by atoms with Gasteiger partial charge in [0, 0.05) is 19.2 Å². The Kier molecular flexibility index (Phi) is 3.39. The number of ketones is 2. The third-order valence-corrected chi connectivity index (χ3v) is 4.18. The Balaban J connectivity index is 2.43. The highest BCUT2D eigenvalue weighted by molar-refractivity contribution is 6.28. The van der Waals surface area contributed by atoms with Crippen LogP contribution in [0.3, 0.4) is 0 Å². The minimum atomic E-state index is -0.493. The van der Waals surface area contributed by atoms with E-state index in [4.69, 9.17) is 0 Å². The summed E-state index contributed by atoms with van der Waals surface area (Å²) in [7, 11) is 1.45. The summed E-state index contributed by atoms with van der Waals surface area (Å²) in [4.78, 5) is 52.0. The molecule has 6 nitrogen and oxygen atoms in total. The lowest BCUT2D eigenvalue weighted by Gasteiger charge is -2.22. The summed E-state index contributed by atoms with van der Waals surface area (Å²) in [6, 6.07) is 2.72. The van der Waals surface area contributed by atoms with Crippen LogP contribution < -0.4 is 11.1 Å². The first kappa shape index (κ1) is 15.1. The molecule has 1 aliphatic rings. The summed E-state index contributed by atoms with van der Waals surface area (Å²) in [6.45, 7) is 3.58. The van der Waals surface area contributed by atoms with Crippen LogP contribution in [0.25, 0.3) is 0 Å². The summed E-state index contributed by atoms with van der Waals surface area (Å²) >= 11 is 0. The molecule has 0 radical (unpaired) electrons. The molecule has 118 valence electrons. The van der Waals surface area contributed by atoms with Crippen LogP contribution in [0.4, 0.5) is 0 Å². The number of carbonyl (C=O) groups is 2.